The van der Waals surface area contributed by atoms with E-state index in [0.29, 0.717) is 12.3 Å². The second-order valence-electron chi connectivity index (χ2n) is 4.14. The zero-order chi connectivity index (χ0) is 14.9. The van der Waals surface area contributed by atoms with Gasteiger partial charge in [0.2, 0.25) is 5.91 Å². The first-order chi connectivity index (χ1) is 10.3. The third-order valence-electron chi connectivity index (χ3n) is 2.54. The zero-order valence-electron chi connectivity index (χ0n) is 11.3. The number of thioether (sulfide) groups is 1. The monoisotopic (exact) mass is 317 g/mol. The Labute approximate surface area is 132 Å². The predicted octanol–water partition coefficient (Wildman–Crippen LogP) is 2.50. The molecule has 0 aliphatic carbocycles. The van der Waals surface area contributed by atoms with Crippen LogP contribution in [0, 0.1) is 11.8 Å². The molecule has 1 aromatic heterocycles. The Morgan fingerprint density at radius 3 is 2.90 bits per heavy atom. The fourth-order valence-corrected chi connectivity index (χ4v) is 3.09. The number of aliphatic hydroxyl groups is 1. The van der Waals surface area contributed by atoms with Gasteiger partial charge in [-0.25, -0.2) is 0 Å². The number of carbonyl (C=O) groups excluding carboxylic acids is 1. The Hall–Kier alpha value is -1.74. The van der Waals surface area contributed by atoms with Gasteiger partial charge in [0.15, 0.2) is 0 Å². The summed E-state index contributed by atoms with van der Waals surface area (Å²) in [6.07, 6.45) is 0. The standard InChI is InChI=1S/C16H15NO2S2/c18-8-4-5-13-9-15(20-11-13)10-17-16(19)12-21-14-6-2-1-3-7-14/h1-3,6-7,9,11,18H,8,10,12H2,(H,17,19). The van der Waals surface area contributed by atoms with Crippen molar-refractivity contribution in [3.8, 4) is 11.8 Å². The van der Waals surface area contributed by atoms with Crippen LogP contribution in [0.4, 0.5) is 0 Å². The number of aliphatic hydroxyl groups excluding tert-OH is 1. The Morgan fingerprint density at radius 1 is 1.33 bits per heavy atom. The topological polar surface area (TPSA) is 49.3 Å². The number of benzene rings is 1. The Kier molecular flexibility index (Phi) is 6.35. The summed E-state index contributed by atoms with van der Waals surface area (Å²) in [5, 5.41) is 13.4. The van der Waals surface area contributed by atoms with Crippen molar-refractivity contribution in [3.05, 3.63) is 52.2 Å². The second-order valence-corrected chi connectivity index (χ2v) is 6.18. The van der Waals surface area contributed by atoms with E-state index in [1.807, 2.05) is 41.8 Å². The number of carbonyl (C=O) groups is 1. The summed E-state index contributed by atoms with van der Waals surface area (Å²) < 4.78 is 0. The summed E-state index contributed by atoms with van der Waals surface area (Å²) in [6, 6.07) is 11.8. The van der Waals surface area contributed by atoms with E-state index in [2.05, 4.69) is 17.2 Å². The molecule has 0 spiro atoms. The molecule has 21 heavy (non-hydrogen) atoms. The van der Waals surface area contributed by atoms with Crippen LogP contribution in [0.15, 0.2) is 46.7 Å². The number of thiophene rings is 1. The van der Waals surface area contributed by atoms with E-state index in [9.17, 15) is 4.79 Å². The molecule has 5 heteroatoms. The van der Waals surface area contributed by atoms with Gasteiger partial charge in [-0.2, -0.15) is 0 Å². The van der Waals surface area contributed by atoms with Crippen molar-refractivity contribution in [2.24, 2.45) is 0 Å². The van der Waals surface area contributed by atoms with E-state index in [0.717, 1.165) is 15.3 Å². The minimum absolute atomic E-state index is 0.0141. The molecule has 2 rings (SSSR count). The van der Waals surface area contributed by atoms with Crippen LogP contribution in [0.25, 0.3) is 0 Å². The van der Waals surface area contributed by atoms with Gasteiger partial charge in [0.05, 0.1) is 12.3 Å². The first kappa shape index (κ1) is 15.6. The molecule has 3 nitrogen and oxygen atoms in total. The molecule has 1 heterocycles. The number of hydrogen-bond donors (Lipinski definition) is 2. The zero-order valence-corrected chi connectivity index (χ0v) is 13.0. The van der Waals surface area contributed by atoms with Crippen LogP contribution in [-0.4, -0.2) is 23.4 Å². The maximum absolute atomic E-state index is 11.8. The highest BCUT2D eigenvalue weighted by molar-refractivity contribution is 8.00. The Balaban J connectivity index is 1.75. The van der Waals surface area contributed by atoms with Crippen molar-refractivity contribution in [2.75, 3.05) is 12.4 Å². The van der Waals surface area contributed by atoms with Crippen molar-refractivity contribution >= 4 is 29.0 Å². The summed E-state index contributed by atoms with van der Waals surface area (Å²) in [4.78, 5) is 13.9. The van der Waals surface area contributed by atoms with Crippen molar-refractivity contribution in [3.63, 3.8) is 0 Å². The molecule has 0 radical (unpaired) electrons. The Morgan fingerprint density at radius 2 is 2.14 bits per heavy atom. The maximum Gasteiger partial charge on any atom is 0.230 e. The Bertz CT molecular complexity index is 641. The van der Waals surface area contributed by atoms with Crippen molar-refractivity contribution < 1.29 is 9.90 Å². The average molecular weight is 317 g/mol. The van der Waals surface area contributed by atoms with Gasteiger partial charge in [0.1, 0.15) is 6.61 Å². The molecule has 0 aliphatic rings. The highest BCUT2D eigenvalue weighted by atomic mass is 32.2. The summed E-state index contributed by atoms with van der Waals surface area (Å²) in [7, 11) is 0. The molecule has 0 aliphatic heterocycles. The fourth-order valence-electron chi connectivity index (χ4n) is 1.58. The average Bonchev–Trinajstić information content (AvgIpc) is 2.98. The van der Waals surface area contributed by atoms with Gasteiger partial charge >= 0.3 is 0 Å². The molecule has 0 saturated heterocycles. The molecule has 0 atom stereocenters. The molecule has 2 N–H and O–H groups in total. The maximum atomic E-state index is 11.8. The van der Waals surface area contributed by atoms with Gasteiger partial charge in [-0.1, -0.05) is 30.0 Å². The third-order valence-corrected chi connectivity index (χ3v) is 4.49. The van der Waals surface area contributed by atoms with Gasteiger partial charge in [0, 0.05) is 20.7 Å². The minimum Gasteiger partial charge on any atom is -0.384 e. The summed E-state index contributed by atoms with van der Waals surface area (Å²) in [5.74, 6) is 5.87. The van der Waals surface area contributed by atoms with Gasteiger partial charge in [0.25, 0.3) is 0 Å². The van der Waals surface area contributed by atoms with E-state index in [-0.39, 0.29) is 12.5 Å². The van der Waals surface area contributed by atoms with E-state index in [1.54, 1.807) is 11.3 Å². The quantitative estimate of drug-likeness (QED) is 0.658. The SMILES string of the molecule is O=C(CSc1ccccc1)NCc1cc(C#CCO)cs1. The number of rotatable bonds is 5. The normalized spacial score (nSPS) is 9.76. The smallest absolute Gasteiger partial charge is 0.230 e. The highest BCUT2D eigenvalue weighted by Crippen LogP contribution is 2.17. The number of amides is 1. The summed E-state index contributed by atoms with van der Waals surface area (Å²) >= 11 is 3.07. The van der Waals surface area contributed by atoms with E-state index >= 15 is 0 Å². The van der Waals surface area contributed by atoms with Crippen LogP contribution in [-0.2, 0) is 11.3 Å². The second kappa shape index (κ2) is 8.53. The molecule has 2 aromatic rings. The molecule has 0 bridgehead atoms. The lowest BCUT2D eigenvalue weighted by Crippen LogP contribution is -2.24. The third kappa shape index (κ3) is 5.64. The fraction of sp³-hybridized carbons (Fsp3) is 0.188. The molecule has 108 valence electrons. The van der Waals surface area contributed by atoms with Crippen LogP contribution < -0.4 is 5.32 Å². The van der Waals surface area contributed by atoms with Crippen LogP contribution in [0.1, 0.15) is 10.4 Å². The van der Waals surface area contributed by atoms with Crippen LogP contribution in [0.2, 0.25) is 0 Å². The van der Waals surface area contributed by atoms with Gasteiger partial charge in [-0.05, 0) is 18.2 Å². The minimum atomic E-state index is -0.140. The van der Waals surface area contributed by atoms with Gasteiger partial charge < -0.3 is 10.4 Å². The van der Waals surface area contributed by atoms with Crippen molar-refractivity contribution in [1.82, 2.24) is 5.32 Å². The highest BCUT2D eigenvalue weighted by Gasteiger charge is 2.04. The molecule has 1 amide bonds. The lowest BCUT2D eigenvalue weighted by molar-refractivity contribution is -0.118. The molecular weight excluding hydrogens is 302 g/mol. The number of nitrogens with one attached hydrogen (secondary N) is 1. The van der Waals surface area contributed by atoms with Gasteiger partial charge in [-0.15, -0.1) is 23.1 Å². The molecule has 0 saturated carbocycles. The molecule has 0 fully saturated rings. The summed E-state index contributed by atoms with van der Waals surface area (Å²) in [5.41, 5.74) is 0.872. The van der Waals surface area contributed by atoms with E-state index in [1.165, 1.54) is 11.8 Å². The molecular formula is C16H15NO2S2. The van der Waals surface area contributed by atoms with E-state index in [4.69, 9.17) is 5.11 Å². The lowest BCUT2D eigenvalue weighted by Gasteiger charge is -2.03. The van der Waals surface area contributed by atoms with E-state index < -0.39 is 0 Å². The van der Waals surface area contributed by atoms with Crippen LogP contribution >= 0.6 is 23.1 Å². The van der Waals surface area contributed by atoms with Crippen LogP contribution in [0.5, 0.6) is 0 Å². The molecule has 0 unspecified atom stereocenters. The lowest BCUT2D eigenvalue weighted by atomic mass is 10.3. The van der Waals surface area contributed by atoms with Crippen LogP contribution in [0.3, 0.4) is 0 Å². The molecule has 1 aromatic carbocycles. The largest absolute Gasteiger partial charge is 0.384 e. The summed E-state index contributed by atoms with van der Waals surface area (Å²) in [6.45, 7) is 0.373. The van der Waals surface area contributed by atoms with Crippen molar-refractivity contribution in [2.45, 2.75) is 11.4 Å². The van der Waals surface area contributed by atoms with Crippen molar-refractivity contribution in [1.29, 1.82) is 0 Å². The first-order valence-corrected chi connectivity index (χ1v) is 8.26. The number of hydrogen-bond acceptors (Lipinski definition) is 4. The first-order valence-electron chi connectivity index (χ1n) is 6.39. The predicted molar refractivity (Wildman–Crippen MR) is 87.3 cm³/mol. The van der Waals surface area contributed by atoms with Gasteiger partial charge in [-0.3, -0.25) is 4.79 Å².